The summed E-state index contributed by atoms with van der Waals surface area (Å²) in [6, 6.07) is 0.681. The molecule has 3 aliphatic rings. The monoisotopic (exact) mass is 490 g/mol. The first kappa shape index (κ1) is 29.9. The Morgan fingerprint density at radius 2 is 1.52 bits per heavy atom. The van der Waals surface area contributed by atoms with Crippen molar-refractivity contribution in [3.8, 4) is 0 Å². The molecule has 3 heterocycles. The van der Waals surface area contributed by atoms with E-state index in [0.29, 0.717) is 24.2 Å². The molecule has 1 radical (unpaired) electrons. The van der Waals surface area contributed by atoms with E-state index in [2.05, 4.69) is 42.4 Å². The van der Waals surface area contributed by atoms with E-state index in [1.807, 2.05) is 13.8 Å². The number of piperazine rings is 1. The van der Waals surface area contributed by atoms with Crippen molar-refractivity contribution in [2.24, 2.45) is 5.41 Å². The predicted octanol–water partition coefficient (Wildman–Crippen LogP) is 2.16. The Morgan fingerprint density at radius 1 is 0.931 bits per heavy atom. The van der Waals surface area contributed by atoms with Crippen molar-refractivity contribution in [3.63, 3.8) is 0 Å². The number of nitrogens with zero attached hydrogens (tertiary/aromatic N) is 3. The number of aliphatic hydroxyl groups excluding tert-OH is 1. The summed E-state index contributed by atoms with van der Waals surface area (Å²) < 4.78 is 10.7. The van der Waals surface area contributed by atoms with Crippen molar-refractivity contribution in [2.75, 3.05) is 78.8 Å². The fourth-order valence-corrected chi connectivity index (χ4v) is 3.85. The van der Waals surface area contributed by atoms with Crippen LogP contribution in [-0.2, 0) is 42.2 Å². The molecule has 0 aromatic carbocycles. The molecule has 29 heavy (non-hydrogen) atoms. The molecule has 0 amide bonds. The van der Waals surface area contributed by atoms with Crippen LogP contribution in [0.2, 0.25) is 0 Å². The third kappa shape index (κ3) is 11.3. The van der Waals surface area contributed by atoms with Gasteiger partial charge in [-0.05, 0) is 34.1 Å². The van der Waals surface area contributed by atoms with Crippen LogP contribution in [0.15, 0.2) is 0 Å². The fraction of sp³-hybridized carbons (Fsp3) is 1.00. The van der Waals surface area contributed by atoms with E-state index in [0.717, 1.165) is 52.4 Å². The SMILES string of the molecule is CC.CC(C)N1CCN(CCCO)CC1.CC(C)OCCN1CC2(COC2)C1.[Y]. The van der Waals surface area contributed by atoms with Crippen LogP contribution in [-0.4, -0.2) is 111 Å². The summed E-state index contributed by atoms with van der Waals surface area (Å²) in [5.41, 5.74) is 0.553. The number of aliphatic hydroxyl groups is 1. The second-order valence-corrected chi connectivity index (χ2v) is 8.67. The number of likely N-dealkylation sites (tertiary alicyclic amines) is 1. The maximum absolute atomic E-state index is 8.70. The molecule has 3 aliphatic heterocycles. The van der Waals surface area contributed by atoms with Crippen LogP contribution in [0, 0.1) is 5.41 Å². The van der Waals surface area contributed by atoms with Crippen LogP contribution in [0.25, 0.3) is 0 Å². The van der Waals surface area contributed by atoms with Gasteiger partial charge >= 0.3 is 0 Å². The Balaban J connectivity index is 0.000000483. The van der Waals surface area contributed by atoms with Crippen LogP contribution in [0.4, 0.5) is 0 Å². The van der Waals surface area contributed by atoms with Gasteiger partial charge in [0.15, 0.2) is 0 Å². The third-order valence-electron chi connectivity index (χ3n) is 5.56. The molecule has 0 aromatic heterocycles. The molecule has 0 atom stereocenters. The van der Waals surface area contributed by atoms with E-state index < -0.39 is 0 Å². The molecule has 171 valence electrons. The topological polar surface area (TPSA) is 48.4 Å². The zero-order chi connectivity index (χ0) is 21.0. The summed E-state index contributed by atoms with van der Waals surface area (Å²) in [6.07, 6.45) is 1.28. The van der Waals surface area contributed by atoms with Gasteiger partial charge in [-0.3, -0.25) is 9.80 Å². The largest absolute Gasteiger partial charge is 0.396 e. The van der Waals surface area contributed by atoms with Crippen molar-refractivity contribution >= 4 is 0 Å². The summed E-state index contributed by atoms with van der Waals surface area (Å²) in [5.74, 6) is 0. The van der Waals surface area contributed by atoms with Gasteiger partial charge in [0.05, 0.1) is 25.9 Å². The molecule has 3 saturated heterocycles. The number of hydrogen-bond acceptors (Lipinski definition) is 6. The first-order chi connectivity index (χ1) is 13.4. The molecule has 0 unspecified atom stereocenters. The Bertz CT molecular complexity index is 379. The van der Waals surface area contributed by atoms with Gasteiger partial charge in [-0.25, -0.2) is 0 Å². The van der Waals surface area contributed by atoms with Crippen LogP contribution in [0.1, 0.15) is 48.0 Å². The minimum atomic E-state index is 0. The molecule has 0 bridgehead atoms. The predicted molar refractivity (Wildman–Crippen MR) is 117 cm³/mol. The summed E-state index contributed by atoms with van der Waals surface area (Å²) in [7, 11) is 0. The molecule has 0 aliphatic carbocycles. The number of hydrogen-bond donors (Lipinski definition) is 1. The zero-order valence-electron chi connectivity index (χ0n) is 20.0. The van der Waals surface area contributed by atoms with E-state index in [-0.39, 0.29) is 32.7 Å². The molecule has 6 nitrogen and oxygen atoms in total. The maximum atomic E-state index is 8.70. The summed E-state index contributed by atoms with van der Waals surface area (Å²) >= 11 is 0. The number of rotatable bonds is 8. The second-order valence-electron chi connectivity index (χ2n) is 8.67. The molecular formula is C22H47N3O3Y. The molecule has 3 rings (SSSR count). The molecule has 1 N–H and O–H groups in total. The van der Waals surface area contributed by atoms with Gasteiger partial charge in [0.1, 0.15) is 0 Å². The summed E-state index contributed by atoms with van der Waals surface area (Å²) in [5, 5.41) is 8.70. The van der Waals surface area contributed by atoms with Crippen molar-refractivity contribution in [1.29, 1.82) is 0 Å². The average molecular weight is 491 g/mol. The Kier molecular flexibility index (Phi) is 17.0. The van der Waals surface area contributed by atoms with Crippen molar-refractivity contribution < 1.29 is 47.3 Å². The molecule has 0 aromatic rings. The summed E-state index contributed by atoms with van der Waals surface area (Å²) in [4.78, 5) is 7.40. The van der Waals surface area contributed by atoms with E-state index >= 15 is 0 Å². The van der Waals surface area contributed by atoms with Gasteiger partial charge in [-0.1, -0.05) is 13.8 Å². The third-order valence-corrected chi connectivity index (χ3v) is 5.56. The molecule has 3 fully saturated rings. The van der Waals surface area contributed by atoms with Crippen LogP contribution >= 0.6 is 0 Å². The van der Waals surface area contributed by atoms with Crippen molar-refractivity contribution in [2.45, 2.75) is 60.1 Å². The number of ether oxygens (including phenoxy) is 2. The van der Waals surface area contributed by atoms with Gasteiger partial charge in [0.25, 0.3) is 0 Å². The van der Waals surface area contributed by atoms with Crippen molar-refractivity contribution in [3.05, 3.63) is 0 Å². The Hall–Kier alpha value is 0.864. The summed E-state index contributed by atoms with van der Waals surface area (Å²) in [6.45, 7) is 25.1. The first-order valence-corrected chi connectivity index (χ1v) is 11.4. The van der Waals surface area contributed by atoms with E-state index in [9.17, 15) is 0 Å². The van der Waals surface area contributed by atoms with E-state index in [1.54, 1.807) is 0 Å². The van der Waals surface area contributed by atoms with Crippen molar-refractivity contribution in [1.82, 2.24) is 14.7 Å². The van der Waals surface area contributed by atoms with Gasteiger partial charge in [-0.15, -0.1) is 0 Å². The first-order valence-electron chi connectivity index (χ1n) is 11.4. The van der Waals surface area contributed by atoms with Crippen LogP contribution in [0.5, 0.6) is 0 Å². The van der Waals surface area contributed by atoms with Gasteiger partial charge in [0, 0.05) is 103 Å². The standard InChI is InChI=1S/C10H22N2O.C10H19NO2.C2H6.Y/c1-10(2)12-7-5-11(6-8-12)4-3-9-13;1-9(2)13-4-3-11-5-10(6-11)7-12-8-10;1-2;/h10,13H,3-9H2,1-2H3;9H,3-8H2,1-2H3;1-2H3;. The maximum Gasteiger partial charge on any atom is 0.0596 e. The van der Waals surface area contributed by atoms with Gasteiger partial charge in [0.2, 0.25) is 0 Å². The van der Waals surface area contributed by atoms with E-state index in [4.69, 9.17) is 14.6 Å². The van der Waals surface area contributed by atoms with Gasteiger partial charge < -0.3 is 19.5 Å². The fourth-order valence-electron chi connectivity index (χ4n) is 3.85. The minimum absolute atomic E-state index is 0. The zero-order valence-corrected chi connectivity index (χ0v) is 22.9. The smallest absolute Gasteiger partial charge is 0.0596 e. The molecule has 0 saturated carbocycles. The quantitative estimate of drug-likeness (QED) is 0.563. The molecule has 1 spiro atoms. The molecule has 7 heteroatoms. The molecular weight excluding hydrogens is 443 g/mol. The van der Waals surface area contributed by atoms with Crippen LogP contribution in [0.3, 0.4) is 0 Å². The average Bonchev–Trinajstić information content (AvgIpc) is 2.62. The van der Waals surface area contributed by atoms with Gasteiger partial charge in [-0.2, -0.15) is 0 Å². The van der Waals surface area contributed by atoms with E-state index in [1.165, 1.54) is 26.2 Å². The minimum Gasteiger partial charge on any atom is -0.396 e. The second kappa shape index (κ2) is 16.5. The Labute approximate surface area is 205 Å². The van der Waals surface area contributed by atoms with Crippen LogP contribution < -0.4 is 0 Å². The normalized spacial score (nSPS) is 21.4. The Morgan fingerprint density at radius 3 is 1.93 bits per heavy atom.